The molecule has 0 bridgehead atoms. The van der Waals surface area contributed by atoms with Crippen molar-refractivity contribution in [3.05, 3.63) is 35.4 Å². The van der Waals surface area contributed by atoms with Crippen molar-refractivity contribution in [3.8, 4) is 0 Å². The second-order valence-electron chi connectivity index (χ2n) is 3.66. The van der Waals surface area contributed by atoms with Crippen LogP contribution in [-0.4, -0.2) is 30.1 Å². The average molecular weight is 341 g/mol. The minimum atomic E-state index is -4.12. The van der Waals surface area contributed by atoms with E-state index in [9.17, 15) is 13.2 Å². The largest absolute Gasteiger partial charge is 1.00 e. The van der Waals surface area contributed by atoms with Gasteiger partial charge in [-0.25, -0.2) is 4.58 Å². The van der Waals surface area contributed by atoms with E-state index in [1.54, 1.807) is 6.21 Å². The van der Waals surface area contributed by atoms with Gasteiger partial charge in [-0.3, -0.25) is 0 Å². The fourth-order valence-electron chi connectivity index (χ4n) is 1.77. The molecule has 1 aromatic rings. The second kappa shape index (κ2) is 5.16. The summed E-state index contributed by atoms with van der Waals surface area (Å²) in [7, 11) is 0. The lowest BCUT2D eigenvalue weighted by Gasteiger charge is -2.13. The topological polar surface area (TPSA) is 3.01 Å². The highest BCUT2D eigenvalue weighted by molar-refractivity contribution is 5.78. The van der Waals surface area contributed by atoms with Crippen molar-refractivity contribution in [1.29, 1.82) is 0 Å². The van der Waals surface area contributed by atoms with Gasteiger partial charge in [-0.05, 0) is 11.6 Å². The number of rotatable bonds is 1. The van der Waals surface area contributed by atoms with Gasteiger partial charge in [0, 0.05) is 12.0 Å². The zero-order valence-corrected chi connectivity index (χ0v) is 10.6. The van der Waals surface area contributed by atoms with E-state index < -0.39 is 12.7 Å². The molecule has 0 atom stereocenters. The number of alkyl halides is 3. The molecule has 0 amide bonds. The first-order chi connectivity index (χ1) is 7.04. The van der Waals surface area contributed by atoms with Gasteiger partial charge in [0.15, 0.2) is 6.21 Å². The molecule has 0 aromatic heterocycles. The monoisotopic (exact) mass is 341 g/mol. The van der Waals surface area contributed by atoms with Crippen molar-refractivity contribution in [2.75, 3.05) is 13.1 Å². The zero-order valence-electron chi connectivity index (χ0n) is 8.47. The minimum Gasteiger partial charge on any atom is -1.00 e. The van der Waals surface area contributed by atoms with Crippen LogP contribution in [-0.2, 0) is 6.42 Å². The molecule has 5 heteroatoms. The van der Waals surface area contributed by atoms with Crippen molar-refractivity contribution in [2.24, 2.45) is 0 Å². The molecule has 2 rings (SSSR count). The van der Waals surface area contributed by atoms with E-state index in [2.05, 4.69) is 0 Å². The summed E-state index contributed by atoms with van der Waals surface area (Å²) in [4.78, 5) is 0. The molecular formula is C11H11F3IN. The quantitative estimate of drug-likeness (QED) is 0.467. The van der Waals surface area contributed by atoms with E-state index in [-0.39, 0.29) is 24.0 Å². The van der Waals surface area contributed by atoms with Gasteiger partial charge < -0.3 is 24.0 Å². The third-order valence-electron chi connectivity index (χ3n) is 2.43. The van der Waals surface area contributed by atoms with E-state index in [0.717, 1.165) is 11.1 Å². The summed E-state index contributed by atoms with van der Waals surface area (Å²) >= 11 is 0. The first-order valence-electron chi connectivity index (χ1n) is 4.78. The van der Waals surface area contributed by atoms with Crippen molar-refractivity contribution in [2.45, 2.75) is 12.6 Å². The number of halogens is 4. The Morgan fingerprint density at radius 1 is 1.19 bits per heavy atom. The van der Waals surface area contributed by atoms with Gasteiger partial charge in [0.05, 0.1) is 0 Å². The molecule has 0 aliphatic carbocycles. The molecule has 88 valence electrons. The third-order valence-corrected chi connectivity index (χ3v) is 2.43. The third kappa shape index (κ3) is 3.47. The van der Waals surface area contributed by atoms with Gasteiger partial charge in [-0.2, -0.15) is 13.2 Å². The maximum Gasteiger partial charge on any atom is 0.448 e. The summed E-state index contributed by atoms with van der Waals surface area (Å²) in [6.45, 7) is -0.419. The number of benzene rings is 1. The van der Waals surface area contributed by atoms with Gasteiger partial charge in [0.25, 0.3) is 0 Å². The lowest BCUT2D eigenvalue weighted by atomic mass is 10.0. The van der Waals surface area contributed by atoms with Crippen LogP contribution in [0.1, 0.15) is 11.1 Å². The fourth-order valence-corrected chi connectivity index (χ4v) is 1.77. The van der Waals surface area contributed by atoms with E-state index in [1.165, 1.54) is 4.58 Å². The molecule has 0 unspecified atom stereocenters. The van der Waals surface area contributed by atoms with Crippen LogP contribution in [0.5, 0.6) is 0 Å². The summed E-state index contributed by atoms with van der Waals surface area (Å²) in [6, 6.07) is 7.55. The SMILES string of the molecule is FC(F)(F)C[N+]1=Cc2ccccc2CC1.[I-]. The summed E-state index contributed by atoms with van der Waals surface area (Å²) in [6.07, 6.45) is -1.85. The van der Waals surface area contributed by atoms with Gasteiger partial charge in [0.2, 0.25) is 6.54 Å². The molecule has 0 radical (unpaired) electrons. The van der Waals surface area contributed by atoms with E-state index in [1.807, 2.05) is 24.3 Å². The van der Waals surface area contributed by atoms with Crippen LogP contribution in [0.15, 0.2) is 24.3 Å². The molecule has 1 aliphatic rings. The number of fused-ring (bicyclic) bond motifs is 1. The van der Waals surface area contributed by atoms with Crippen LogP contribution in [0.3, 0.4) is 0 Å². The highest BCUT2D eigenvalue weighted by Gasteiger charge is 2.34. The maximum absolute atomic E-state index is 12.2. The molecular weight excluding hydrogens is 330 g/mol. The van der Waals surface area contributed by atoms with Crippen molar-refractivity contribution < 1.29 is 41.7 Å². The Hall–Kier alpha value is -0.590. The smallest absolute Gasteiger partial charge is 0.448 e. The predicted molar refractivity (Wildman–Crippen MR) is 51.4 cm³/mol. The number of hydrogen-bond donors (Lipinski definition) is 0. The first kappa shape index (κ1) is 13.5. The lowest BCUT2D eigenvalue weighted by Crippen LogP contribution is -3.00. The minimum absolute atomic E-state index is 0. The van der Waals surface area contributed by atoms with Crippen LogP contribution < -0.4 is 24.0 Å². The molecule has 1 nitrogen and oxygen atoms in total. The number of nitrogens with zero attached hydrogens (tertiary/aromatic N) is 1. The molecule has 16 heavy (non-hydrogen) atoms. The number of hydrogen-bond acceptors (Lipinski definition) is 0. The zero-order chi connectivity index (χ0) is 10.9. The van der Waals surface area contributed by atoms with Crippen LogP contribution in [0.2, 0.25) is 0 Å². The Morgan fingerprint density at radius 2 is 1.88 bits per heavy atom. The van der Waals surface area contributed by atoms with Gasteiger partial charge in [-0.1, -0.05) is 18.2 Å². The fraction of sp³-hybridized carbons (Fsp3) is 0.364. The Bertz CT molecular complexity index is 398. The van der Waals surface area contributed by atoms with Crippen molar-refractivity contribution in [1.82, 2.24) is 0 Å². The van der Waals surface area contributed by atoms with Gasteiger partial charge >= 0.3 is 6.18 Å². The van der Waals surface area contributed by atoms with Crippen LogP contribution >= 0.6 is 0 Å². The normalized spacial score (nSPS) is 14.8. The molecule has 0 fully saturated rings. The van der Waals surface area contributed by atoms with E-state index >= 15 is 0 Å². The molecule has 1 aromatic carbocycles. The van der Waals surface area contributed by atoms with Gasteiger partial charge in [0.1, 0.15) is 6.54 Å². The van der Waals surface area contributed by atoms with Crippen LogP contribution in [0, 0.1) is 0 Å². The predicted octanol–water partition coefficient (Wildman–Crippen LogP) is -0.760. The Labute approximate surface area is 109 Å². The summed E-state index contributed by atoms with van der Waals surface area (Å²) in [5, 5.41) is 0. The first-order valence-corrected chi connectivity index (χ1v) is 4.78. The molecule has 0 N–H and O–H groups in total. The standard InChI is InChI=1S/C11H11F3N.HI/c12-11(13,14)8-15-6-5-9-3-1-2-4-10(9)7-15;/h1-4,7H,5-6,8H2;1H/q+1;/p-1. The summed E-state index contributed by atoms with van der Waals surface area (Å²) in [5.74, 6) is 0. The second-order valence-corrected chi connectivity index (χ2v) is 3.66. The van der Waals surface area contributed by atoms with Gasteiger partial charge in [-0.15, -0.1) is 0 Å². The molecule has 1 aliphatic heterocycles. The van der Waals surface area contributed by atoms with E-state index in [0.29, 0.717) is 13.0 Å². The molecule has 0 spiro atoms. The Balaban J connectivity index is 0.00000128. The van der Waals surface area contributed by atoms with Crippen LogP contribution in [0.25, 0.3) is 0 Å². The summed E-state index contributed by atoms with van der Waals surface area (Å²) in [5.41, 5.74) is 2.02. The van der Waals surface area contributed by atoms with Crippen molar-refractivity contribution >= 4 is 6.21 Å². The average Bonchev–Trinajstić information content (AvgIpc) is 2.15. The molecule has 1 heterocycles. The molecule has 0 saturated heterocycles. The molecule has 0 saturated carbocycles. The Morgan fingerprint density at radius 3 is 2.56 bits per heavy atom. The van der Waals surface area contributed by atoms with Crippen LogP contribution in [0.4, 0.5) is 13.2 Å². The highest BCUT2D eigenvalue weighted by Crippen LogP contribution is 2.17. The Kier molecular flexibility index (Phi) is 4.35. The maximum atomic E-state index is 12.2. The van der Waals surface area contributed by atoms with Crippen molar-refractivity contribution in [3.63, 3.8) is 0 Å². The lowest BCUT2D eigenvalue weighted by molar-refractivity contribution is -0.554. The highest BCUT2D eigenvalue weighted by atomic mass is 127. The van der Waals surface area contributed by atoms with E-state index in [4.69, 9.17) is 0 Å². The summed E-state index contributed by atoms with van der Waals surface area (Å²) < 4.78 is 37.8.